The lowest BCUT2D eigenvalue weighted by atomic mass is 9.95. The Bertz CT molecular complexity index is 667. The van der Waals surface area contributed by atoms with Crippen molar-refractivity contribution in [2.24, 2.45) is 0 Å². The third-order valence-corrected chi connectivity index (χ3v) is 8.22. The molecule has 0 saturated carbocycles. The van der Waals surface area contributed by atoms with Crippen molar-refractivity contribution in [2.75, 3.05) is 13.1 Å². The van der Waals surface area contributed by atoms with Gasteiger partial charge in [-0.1, -0.05) is 52.4 Å². The van der Waals surface area contributed by atoms with Gasteiger partial charge in [0.15, 0.2) is 0 Å². The topological polar surface area (TPSA) is 37.4 Å². The number of rotatable bonds is 12. The first-order valence-electron chi connectivity index (χ1n) is 10.8. The van der Waals surface area contributed by atoms with Gasteiger partial charge in [-0.2, -0.15) is 4.31 Å². The number of sulfonamides is 1. The van der Waals surface area contributed by atoms with Crippen molar-refractivity contribution in [3.05, 3.63) is 27.8 Å². The second-order valence-electron chi connectivity index (χ2n) is 7.98. The molecular weight excluding hydrogens is 354 g/mol. The van der Waals surface area contributed by atoms with Crippen molar-refractivity contribution in [1.82, 2.24) is 4.31 Å². The maximum atomic E-state index is 13.6. The van der Waals surface area contributed by atoms with E-state index in [0.29, 0.717) is 18.0 Å². The van der Waals surface area contributed by atoms with Crippen LogP contribution in [0.3, 0.4) is 0 Å². The molecule has 0 unspecified atom stereocenters. The molecule has 0 aliphatic carbocycles. The second-order valence-corrected chi connectivity index (χ2v) is 9.85. The Morgan fingerprint density at radius 2 is 0.963 bits per heavy atom. The van der Waals surface area contributed by atoms with E-state index in [-0.39, 0.29) is 0 Å². The molecule has 0 amide bonds. The number of hydrogen-bond acceptors (Lipinski definition) is 2. The van der Waals surface area contributed by atoms with E-state index in [9.17, 15) is 8.42 Å². The van der Waals surface area contributed by atoms with Crippen LogP contribution in [0, 0.1) is 34.6 Å². The molecule has 0 aliphatic heterocycles. The van der Waals surface area contributed by atoms with Gasteiger partial charge in [0, 0.05) is 13.1 Å². The van der Waals surface area contributed by atoms with Crippen molar-refractivity contribution in [1.29, 1.82) is 0 Å². The normalized spacial score (nSPS) is 12.1. The van der Waals surface area contributed by atoms with Crippen molar-refractivity contribution < 1.29 is 8.42 Å². The third-order valence-electron chi connectivity index (χ3n) is 6.05. The van der Waals surface area contributed by atoms with Gasteiger partial charge < -0.3 is 0 Å². The van der Waals surface area contributed by atoms with Crippen LogP contribution in [0.15, 0.2) is 4.90 Å². The molecule has 1 aromatic carbocycles. The van der Waals surface area contributed by atoms with E-state index in [4.69, 9.17) is 0 Å². The molecule has 0 saturated heterocycles. The van der Waals surface area contributed by atoms with Crippen molar-refractivity contribution in [2.45, 2.75) is 105 Å². The summed E-state index contributed by atoms with van der Waals surface area (Å²) in [6.45, 7) is 15.8. The first kappa shape index (κ1) is 24.2. The zero-order valence-electron chi connectivity index (χ0n) is 18.7. The summed E-state index contributed by atoms with van der Waals surface area (Å²) in [5.74, 6) is 0. The highest BCUT2D eigenvalue weighted by molar-refractivity contribution is 7.89. The van der Waals surface area contributed by atoms with Crippen molar-refractivity contribution in [3.63, 3.8) is 0 Å². The van der Waals surface area contributed by atoms with Crippen molar-refractivity contribution in [3.8, 4) is 0 Å². The molecule has 1 rings (SSSR count). The standard InChI is InChI=1S/C23H41NO2S/c1-8-10-12-14-16-24(17-15-13-11-9-2)27(25,26)23-21(6)19(4)18(3)20(5)22(23)7/h8-17H2,1-7H3. The Hall–Kier alpha value is -0.870. The summed E-state index contributed by atoms with van der Waals surface area (Å²) in [4.78, 5) is 0.550. The van der Waals surface area contributed by atoms with Crippen molar-refractivity contribution >= 4 is 10.0 Å². The molecule has 0 heterocycles. The minimum absolute atomic E-state index is 0.550. The van der Waals surface area contributed by atoms with E-state index in [0.717, 1.165) is 60.8 Å². The number of hydrogen-bond donors (Lipinski definition) is 0. The maximum absolute atomic E-state index is 13.6. The summed E-state index contributed by atoms with van der Waals surface area (Å²) >= 11 is 0. The molecule has 1 aromatic rings. The van der Waals surface area contributed by atoms with Crippen LogP contribution in [0.25, 0.3) is 0 Å². The van der Waals surface area contributed by atoms with Gasteiger partial charge in [-0.15, -0.1) is 0 Å². The van der Waals surface area contributed by atoms with E-state index >= 15 is 0 Å². The highest BCUT2D eigenvalue weighted by Gasteiger charge is 2.29. The van der Waals surface area contributed by atoms with Gasteiger partial charge in [-0.25, -0.2) is 8.42 Å². The van der Waals surface area contributed by atoms with Gasteiger partial charge in [-0.3, -0.25) is 0 Å². The third kappa shape index (κ3) is 6.05. The summed E-state index contributed by atoms with van der Waals surface area (Å²) in [6, 6.07) is 0. The highest BCUT2D eigenvalue weighted by Crippen LogP contribution is 2.32. The van der Waals surface area contributed by atoms with E-state index in [1.165, 1.54) is 18.4 Å². The molecule has 0 radical (unpaired) electrons. The van der Waals surface area contributed by atoms with Crippen LogP contribution in [0.1, 0.15) is 93.0 Å². The number of benzene rings is 1. The van der Waals surface area contributed by atoms with Gasteiger partial charge in [-0.05, 0) is 75.3 Å². The lowest BCUT2D eigenvalue weighted by Crippen LogP contribution is -2.34. The first-order chi connectivity index (χ1) is 12.7. The summed E-state index contributed by atoms with van der Waals surface area (Å²) in [5.41, 5.74) is 5.26. The van der Waals surface area contributed by atoms with Gasteiger partial charge in [0.05, 0.1) is 4.90 Å². The van der Waals surface area contributed by atoms with E-state index in [1.807, 2.05) is 27.7 Å². The molecule has 0 fully saturated rings. The van der Waals surface area contributed by atoms with E-state index < -0.39 is 10.0 Å². The molecule has 27 heavy (non-hydrogen) atoms. The van der Waals surface area contributed by atoms with E-state index in [1.54, 1.807) is 4.31 Å². The fraction of sp³-hybridized carbons (Fsp3) is 0.739. The average Bonchev–Trinajstić information content (AvgIpc) is 2.63. The van der Waals surface area contributed by atoms with Gasteiger partial charge in [0.1, 0.15) is 0 Å². The van der Waals surface area contributed by atoms with Gasteiger partial charge in [0.2, 0.25) is 10.0 Å². The lowest BCUT2D eigenvalue weighted by molar-refractivity contribution is 0.385. The SMILES string of the molecule is CCCCCCN(CCCCCC)S(=O)(=O)c1c(C)c(C)c(C)c(C)c1C. The fourth-order valence-electron chi connectivity index (χ4n) is 3.76. The lowest BCUT2D eigenvalue weighted by Gasteiger charge is -2.26. The number of nitrogens with zero attached hydrogens (tertiary/aromatic N) is 1. The monoisotopic (exact) mass is 395 g/mol. The Morgan fingerprint density at radius 1 is 0.593 bits per heavy atom. The van der Waals surface area contributed by atoms with Crippen LogP contribution in [0.2, 0.25) is 0 Å². The average molecular weight is 396 g/mol. The Labute approximate surface area is 168 Å². The smallest absolute Gasteiger partial charge is 0.207 e. The molecule has 0 bridgehead atoms. The van der Waals surface area contributed by atoms with Crippen LogP contribution in [-0.4, -0.2) is 25.8 Å². The maximum Gasteiger partial charge on any atom is 0.243 e. The molecule has 0 aromatic heterocycles. The summed E-state index contributed by atoms with van der Waals surface area (Å²) < 4.78 is 29.1. The van der Waals surface area contributed by atoms with E-state index in [2.05, 4.69) is 20.8 Å². The zero-order chi connectivity index (χ0) is 20.6. The molecule has 0 spiro atoms. The van der Waals surface area contributed by atoms with Gasteiger partial charge in [0.25, 0.3) is 0 Å². The molecule has 0 atom stereocenters. The molecule has 156 valence electrons. The van der Waals surface area contributed by atoms with Gasteiger partial charge >= 0.3 is 0 Å². The number of unbranched alkanes of at least 4 members (excludes halogenated alkanes) is 6. The summed E-state index contributed by atoms with van der Waals surface area (Å²) in [6.07, 6.45) is 8.76. The van der Waals surface area contributed by atoms with Crippen LogP contribution in [0.5, 0.6) is 0 Å². The molecule has 4 heteroatoms. The summed E-state index contributed by atoms with van der Waals surface area (Å²) in [7, 11) is -3.47. The first-order valence-corrected chi connectivity index (χ1v) is 12.2. The van der Waals surface area contributed by atoms with Crippen LogP contribution in [0.4, 0.5) is 0 Å². The minimum atomic E-state index is -3.47. The Kier molecular flexibility index (Phi) is 10.0. The van der Waals surface area contributed by atoms with Crippen LogP contribution in [-0.2, 0) is 10.0 Å². The zero-order valence-corrected chi connectivity index (χ0v) is 19.6. The summed E-state index contributed by atoms with van der Waals surface area (Å²) in [5, 5.41) is 0. The minimum Gasteiger partial charge on any atom is -0.207 e. The molecular formula is C23H41NO2S. The van der Waals surface area contributed by atoms with Crippen LogP contribution < -0.4 is 0 Å². The highest BCUT2D eigenvalue weighted by atomic mass is 32.2. The molecule has 3 nitrogen and oxygen atoms in total. The molecule has 0 aliphatic rings. The molecule has 0 N–H and O–H groups in total. The predicted molar refractivity (Wildman–Crippen MR) is 117 cm³/mol. The quantitative estimate of drug-likeness (QED) is 0.385. The predicted octanol–water partition coefficient (Wildman–Crippen LogP) is 6.38. The Morgan fingerprint density at radius 3 is 1.33 bits per heavy atom. The Balaban J connectivity index is 3.21. The largest absolute Gasteiger partial charge is 0.243 e. The van der Waals surface area contributed by atoms with Crippen LogP contribution >= 0.6 is 0 Å². The second kappa shape index (κ2) is 11.2. The fourth-order valence-corrected chi connectivity index (χ4v) is 5.84.